The minimum atomic E-state index is 0.0790. The van der Waals surface area contributed by atoms with E-state index in [1.165, 1.54) is 0 Å². The Balaban J connectivity index is 1.48. The topological polar surface area (TPSA) is 99.2 Å². The molecule has 3 aromatic heterocycles. The zero-order valence-corrected chi connectivity index (χ0v) is 25.8. The van der Waals surface area contributed by atoms with Crippen molar-refractivity contribution in [1.29, 1.82) is 0 Å². The number of halogens is 2. The summed E-state index contributed by atoms with van der Waals surface area (Å²) in [6.45, 7) is 2.48. The highest BCUT2D eigenvalue weighted by Crippen LogP contribution is 2.42. The van der Waals surface area contributed by atoms with Crippen LogP contribution in [0.1, 0.15) is 11.3 Å². The number of aromatic nitrogens is 4. The Morgan fingerprint density at radius 1 is 0.744 bits per heavy atom. The van der Waals surface area contributed by atoms with Crippen LogP contribution in [0.4, 0.5) is 0 Å². The Labute approximate surface area is 260 Å². The number of methoxy groups -OCH3 is 1. The molecule has 43 heavy (non-hydrogen) atoms. The molecule has 2 N–H and O–H groups in total. The van der Waals surface area contributed by atoms with Gasteiger partial charge in [0.2, 0.25) is 5.88 Å². The molecule has 0 aliphatic rings. The predicted molar refractivity (Wildman–Crippen MR) is 171 cm³/mol. The number of rotatable bonds is 12. The van der Waals surface area contributed by atoms with E-state index in [1.807, 2.05) is 90.8 Å². The Morgan fingerprint density at radius 2 is 1.33 bits per heavy atom. The van der Waals surface area contributed by atoms with Crippen molar-refractivity contribution in [3.63, 3.8) is 0 Å². The molecular formula is C32H34Cl2N6O3. The van der Waals surface area contributed by atoms with E-state index in [-0.39, 0.29) is 13.2 Å². The fraction of sp³-hybridized carbons (Fsp3) is 0.281. The smallest absolute Gasteiger partial charge is 0.218 e. The number of nitrogens with zero attached hydrogens (tertiary/aromatic N) is 6. The van der Waals surface area contributed by atoms with Gasteiger partial charge in [0.15, 0.2) is 5.65 Å². The monoisotopic (exact) mass is 620 g/mol. The highest BCUT2D eigenvalue weighted by molar-refractivity contribution is 6.39. The van der Waals surface area contributed by atoms with Gasteiger partial charge in [-0.1, -0.05) is 65.7 Å². The number of pyridine rings is 1. The number of aliphatic hydroxyl groups is 2. The molecule has 9 nitrogen and oxygen atoms in total. The van der Waals surface area contributed by atoms with Gasteiger partial charge in [-0.2, -0.15) is 5.10 Å². The predicted octanol–water partition coefficient (Wildman–Crippen LogP) is 5.29. The van der Waals surface area contributed by atoms with Crippen LogP contribution in [0.2, 0.25) is 10.0 Å². The fourth-order valence-electron chi connectivity index (χ4n) is 5.01. The van der Waals surface area contributed by atoms with Crippen molar-refractivity contribution in [2.75, 3.05) is 47.5 Å². The third kappa shape index (κ3) is 6.83. The van der Waals surface area contributed by atoms with Crippen LogP contribution in [0.25, 0.3) is 39.3 Å². The van der Waals surface area contributed by atoms with Crippen LogP contribution in [0.5, 0.6) is 5.88 Å². The Hall–Kier alpha value is -3.57. The van der Waals surface area contributed by atoms with Crippen molar-refractivity contribution < 1.29 is 14.9 Å². The van der Waals surface area contributed by atoms with Gasteiger partial charge in [-0.15, -0.1) is 0 Å². The zero-order chi connectivity index (χ0) is 30.5. The summed E-state index contributed by atoms with van der Waals surface area (Å²) in [5.74, 6) is 0.507. The molecule has 0 bridgehead atoms. The van der Waals surface area contributed by atoms with Crippen LogP contribution in [-0.4, -0.2) is 87.1 Å². The van der Waals surface area contributed by atoms with Gasteiger partial charge in [0.1, 0.15) is 0 Å². The molecule has 0 amide bonds. The normalized spacial score (nSPS) is 11.7. The minimum Gasteiger partial charge on any atom is -0.481 e. The summed E-state index contributed by atoms with van der Waals surface area (Å²) in [4.78, 5) is 13.4. The molecule has 3 heterocycles. The lowest BCUT2D eigenvalue weighted by atomic mass is 9.98. The van der Waals surface area contributed by atoms with Gasteiger partial charge in [0.25, 0.3) is 0 Å². The van der Waals surface area contributed by atoms with Gasteiger partial charge in [0.05, 0.1) is 53.6 Å². The van der Waals surface area contributed by atoms with Gasteiger partial charge < -0.3 is 14.9 Å². The Morgan fingerprint density at radius 3 is 1.95 bits per heavy atom. The average molecular weight is 622 g/mol. The number of hydrogen-bond acceptors (Lipinski definition) is 8. The average Bonchev–Trinajstić information content (AvgIpc) is 3.39. The van der Waals surface area contributed by atoms with Crippen molar-refractivity contribution in [3.05, 3.63) is 88.2 Å². The molecule has 0 aliphatic heterocycles. The molecule has 11 heteroatoms. The molecule has 0 saturated heterocycles. The first-order valence-corrected chi connectivity index (χ1v) is 14.6. The maximum atomic E-state index is 9.24. The van der Waals surface area contributed by atoms with Crippen LogP contribution in [-0.2, 0) is 13.1 Å². The summed E-state index contributed by atoms with van der Waals surface area (Å²) in [6.07, 6.45) is 1.89. The van der Waals surface area contributed by atoms with Crippen LogP contribution >= 0.6 is 23.2 Å². The summed E-state index contributed by atoms with van der Waals surface area (Å²) < 4.78 is 7.34. The van der Waals surface area contributed by atoms with Crippen LogP contribution < -0.4 is 4.74 Å². The van der Waals surface area contributed by atoms with Gasteiger partial charge in [-0.25, -0.2) is 14.5 Å². The van der Waals surface area contributed by atoms with E-state index in [1.54, 1.807) is 11.6 Å². The fourth-order valence-corrected chi connectivity index (χ4v) is 5.66. The largest absolute Gasteiger partial charge is 0.481 e. The van der Waals surface area contributed by atoms with E-state index in [0.29, 0.717) is 53.5 Å². The highest BCUT2D eigenvalue weighted by Gasteiger charge is 2.18. The van der Waals surface area contributed by atoms with Gasteiger partial charge in [0, 0.05) is 54.0 Å². The molecule has 224 valence electrons. The molecule has 5 rings (SSSR count). The summed E-state index contributed by atoms with van der Waals surface area (Å²) in [7, 11) is 5.46. The van der Waals surface area contributed by atoms with E-state index in [0.717, 1.165) is 39.2 Å². The molecule has 0 fully saturated rings. The molecule has 0 aliphatic carbocycles. The lowest BCUT2D eigenvalue weighted by molar-refractivity contribution is 0.215. The van der Waals surface area contributed by atoms with E-state index in [4.69, 9.17) is 38.0 Å². The number of benzene rings is 2. The van der Waals surface area contributed by atoms with E-state index < -0.39 is 0 Å². The summed E-state index contributed by atoms with van der Waals surface area (Å²) >= 11 is 14.1. The lowest BCUT2D eigenvalue weighted by Crippen LogP contribution is -2.22. The molecule has 2 aromatic carbocycles. The molecule has 5 aromatic rings. The Kier molecular flexibility index (Phi) is 9.92. The van der Waals surface area contributed by atoms with Crippen molar-refractivity contribution in [1.82, 2.24) is 29.4 Å². The van der Waals surface area contributed by atoms with Crippen molar-refractivity contribution >= 4 is 28.8 Å². The third-order valence-corrected chi connectivity index (χ3v) is 7.99. The van der Waals surface area contributed by atoms with Crippen LogP contribution in [0, 0.1) is 0 Å². The van der Waals surface area contributed by atoms with Gasteiger partial charge in [-0.3, -0.25) is 9.80 Å². The highest BCUT2D eigenvalue weighted by atomic mass is 35.5. The van der Waals surface area contributed by atoms with Crippen molar-refractivity contribution in [2.24, 2.45) is 0 Å². The third-order valence-electron chi connectivity index (χ3n) is 7.18. The second kappa shape index (κ2) is 13.8. The molecule has 0 unspecified atom stereocenters. The van der Waals surface area contributed by atoms with Crippen molar-refractivity contribution in [3.8, 4) is 39.5 Å². The van der Waals surface area contributed by atoms with Gasteiger partial charge in [-0.05, 0) is 32.3 Å². The maximum absolute atomic E-state index is 9.24. The summed E-state index contributed by atoms with van der Waals surface area (Å²) in [5.41, 5.74) is 6.96. The number of aliphatic hydroxyl groups excluding tert-OH is 2. The number of likely N-dealkylation sites (N-methyl/N-ethyl adjacent to an activating group) is 2. The number of imidazole rings is 1. The second-order valence-electron chi connectivity index (χ2n) is 10.4. The van der Waals surface area contributed by atoms with Gasteiger partial charge >= 0.3 is 0 Å². The zero-order valence-electron chi connectivity index (χ0n) is 24.3. The Bertz CT molecular complexity index is 1730. The van der Waals surface area contributed by atoms with Crippen LogP contribution in [0.15, 0.2) is 66.9 Å². The molecule has 0 spiro atoms. The summed E-state index contributed by atoms with van der Waals surface area (Å²) in [5, 5.41) is 24.3. The van der Waals surface area contributed by atoms with E-state index in [2.05, 4.69) is 4.98 Å². The number of ether oxygens (including phenoxy) is 1. The lowest BCUT2D eigenvalue weighted by Gasteiger charge is -2.18. The molecule has 0 atom stereocenters. The standard InChI is InChI=1S/C32H34Cl2N6O3/c1-38(14-16-41)18-21-10-11-27(36-32(21)43-3)25-8-4-6-23(30(25)33)24-7-5-9-26(31(24)34)28-12-13-29-35-22(20-40(29)37-28)19-39(2)15-17-42/h4-13,20,41-42H,14-19H2,1-3H3. The number of fused-ring (bicyclic) bond motifs is 1. The number of hydrogen-bond donors (Lipinski definition) is 2. The summed E-state index contributed by atoms with van der Waals surface area (Å²) in [6, 6.07) is 19.3. The quantitative estimate of drug-likeness (QED) is 0.194. The molecule has 0 radical (unpaired) electrons. The maximum Gasteiger partial charge on any atom is 0.218 e. The molecule has 0 saturated carbocycles. The molecular weight excluding hydrogens is 587 g/mol. The first-order chi connectivity index (χ1) is 20.8. The van der Waals surface area contributed by atoms with Crippen molar-refractivity contribution in [2.45, 2.75) is 13.1 Å². The van der Waals surface area contributed by atoms with Crippen LogP contribution in [0.3, 0.4) is 0 Å². The first-order valence-electron chi connectivity index (χ1n) is 13.9. The second-order valence-corrected chi connectivity index (χ2v) is 11.1. The SMILES string of the molecule is COc1nc(-c2cccc(-c3cccc(-c4ccc5nc(CN(C)CCO)cn5n4)c3Cl)c2Cl)ccc1CN(C)CCO. The minimum absolute atomic E-state index is 0.0790. The van der Waals surface area contributed by atoms with E-state index >= 15 is 0 Å². The first kappa shape index (κ1) is 30.9. The van der Waals surface area contributed by atoms with E-state index in [9.17, 15) is 10.2 Å².